The monoisotopic (exact) mass is 217 g/mol. The zero-order valence-electron chi connectivity index (χ0n) is 8.87. The van der Waals surface area contributed by atoms with Crippen molar-refractivity contribution < 1.29 is 19.9 Å². The number of aliphatic carboxylic acids is 1. The van der Waals surface area contributed by atoms with E-state index in [2.05, 4.69) is 0 Å². The van der Waals surface area contributed by atoms with Crippen LogP contribution in [0.5, 0.6) is 0 Å². The fraction of sp³-hybridized carbons (Fsp3) is 0.800. The zero-order valence-corrected chi connectivity index (χ0v) is 8.87. The highest BCUT2D eigenvalue weighted by Crippen LogP contribution is 2.08. The second kappa shape index (κ2) is 9.45. The Bertz CT molecular complexity index is 194. The van der Waals surface area contributed by atoms with Crippen molar-refractivity contribution in [3.63, 3.8) is 0 Å². The van der Waals surface area contributed by atoms with Crippen LogP contribution in [-0.4, -0.2) is 22.2 Å². The summed E-state index contributed by atoms with van der Waals surface area (Å²) in [5.74, 6) is -1.09. The van der Waals surface area contributed by atoms with Crippen LogP contribution in [0.4, 0.5) is 0 Å². The second-order valence-corrected chi connectivity index (χ2v) is 3.55. The topological polar surface area (TPSA) is 86.6 Å². The third-order valence-corrected chi connectivity index (χ3v) is 2.17. The van der Waals surface area contributed by atoms with E-state index in [9.17, 15) is 9.59 Å². The molecule has 0 saturated heterocycles. The highest BCUT2D eigenvalue weighted by molar-refractivity contribution is 5.74. The van der Waals surface area contributed by atoms with Gasteiger partial charge in [0.2, 0.25) is 5.91 Å². The minimum Gasteiger partial charge on any atom is -0.481 e. The summed E-state index contributed by atoms with van der Waals surface area (Å²) in [6, 6.07) is 0. The fourth-order valence-electron chi connectivity index (χ4n) is 1.32. The number of carboxylic acids is 1. The van der Waals surface area contributed by atoms with Crippen molar-refractivity contribution in [1.29, 1.82) is 0 Å². The summed E-state index contributed by atoms with van der Waals surface area (Å²) in [4.78, 5) is 20.8. The molecular formula is C10H19NO4. The van der Waals surface area contributed by atoms with Gasteiger partial charge in [0.05, 0.1) is 0 Å². The van der Waals surface area contributed by atoms with Gasteiger partial charge in [-0.3, -0.25) is 14.8 Å². The Balaban J connectivity index is 3.05. The Morgan fingerprint density at radius 2 is 1.33 bits per heavy atom. The van der Waals surface area contributed by atoms with Crippen molar-refractivity contribution in [3.05, 3.63) is 0 Å². The lowest BCUT2D eigenvalue weighted by molar-refractivity contribution is -0.137. The van der Waals surface area contributed by atoms with Crippen LogP contribution in [-0.2, 0) is 9.59 Å². The maximum atomic E-state index is 10.6. The Hall–Kier alpha value is -1.10. The van der Waals surface area contributed by atoms with E-state index in [1.807, 2.05) is 0 Å². The number of hydrogen-bond acceptors (Lipinski definition) is 3. The lowest BCUT2D eigenvalue weighted by Gasteiger charge is -2.00. The maximum absolute atomic E-state index is 10.6. The molecule has 0 aromatic carbocycles. The standard InChI is InChI=1S/C10H19NO4/c12-9(11-15)7-5-3-1-2-4-6-8-10(13)14/h15H,1-8H2,(H,11,12)(H,13,14). The van der Waals surface area contributed by atoms with Crippen LogP contribution in [0.1, 0.15) is 51.4 Å². The van der Waals surface area contributed by atoms with Crippen molar-refractivity contribution in [2.75, 3.05) is 0 Å². The molecular weight excluding hydrogens is 198 g/mol. The molecule has 88 valence electrons. The Kier molecular flexibility index (Phi) is 8.76. The van der Waals surface area contributed by atoms with Gasteiger partial charge in [0.25, 0.3) is 0 Å². The van der Waals surface area contributed by atoms with E-state index >= 15 is 0 Å². The molecule has 1 amide bonds. The Morgan fingerprint density at radius 3 is 1.80 bits per heavy atom. The number of rotatable bonds is 9. The highest BCUT2D eigenvalue weighted by Gasteiger charge is 1.99. The van der Waals surface area contributed by atoms with Crippen LogP contribution in [0.2, 0.25) is 0 Å². The number of carboxylic acid groups (broad SMARTS) is 1. The van der Waals surface area contributed by atoms with Gasteiger partial charge < -0.3 is 5.11 Å². The number of carbonyl (C=O) groups excluding carboxylic acids is 1. The van der Waals surface area contributed by atoms with Crippen LogP contribution < -0.4 is 5.48 Å². The molecule has 0 spiro atoms. The van der Waals surface area contributed by atoms with Crippen molar-refractivity contribution in [3.8, 4) is 0 Å². The maximum Gasteiger partial charge on any atom is 0.303 e. The van der Waals surface area contributed by atoms with Crippen LogP contribution in [0.25, 0.3) is 0 Å². The number of amides is 1. The molecule has 0 aromatic rings. The van der Waals surface area contributed by atoms with Crippen LogP contribution in [0, 0.1) is 0 Å². The molecule has 0 unspecified atom stereocenters. The summed E-state index contributed by atoms with van der Waals surface area (Å²) >= 11 is 0. The minimum absolute atomic E-state index is 0.243. The molecule has 5 nitrogen and oxygen atoms in total. The average molecular weight is 217 g/mol. The van der Waals surface area contributed by atoms with Gasteiger partial charge in [0.1, 0.15) is 0 Å². The molecule has 0 heterocycles. The van der Waals surface area contributed by atoms with E-state index in [-0.39, 0.29) is 12.3 Å². The molecule has 0 aromatic heterocycles. The zero-order chi connectivity index (χ0) is 11.5. The lowest BCUT2D eigenvalue weighted by Crippen LogP contribution is -2.17. The number of unbranched alkanes of at least 4 members (excludes halogenated alkanes) is 5. The predicted molar refractivity (Wildman–Crippen MR) is 54.5 cm³/mol. The van der Waals surface area contributed by atoms with Gasteiger partial charge in [-0.25, -0.2) is 5.48 Å². The van der Waals surface area contributed by atoms with Gasteiger partial charge >= 0.3 is 5.97 Å². The molecule has 0 atom stereocenters. The number of hydroxylamine groups is 1. The smallest absolute Gasteiger partial charge is 0.303 e. The lowest BCUT2D eigenvalue weighted by atomic mass is 10.1. The van der Waals surface area contributed by atoms with Gasteiger partial charge in [-0.2, -0.15) is 0 Å². The molecule has 3 N–H and O–H groups in total. The second-order valence-electron chi connectivity index (χ2n) is 3.55. The molecule has 0 rings (SSSR count). The third kappa shape index (κ3) is 10.8. The summed E-state index contributed by atoms with van der Waals surface area (Å²) < 4.78 is 0. The van der Waals surface area contributed by atoms with Gasteiger partial charge in [-0.15, -0.1) is 0 Å². The molecule has 0 bridgehead atoms. The molecule has 15 heavy (non-hydrogen) atoms. The summed E-state index contributed by atoms with van der Waals surface area (Å²) in [6.45, 7) is 0. The first kappa shape index (κ1) is 13.9. The van der Waals surface area contributed by atoms with Crippen LogP contribution in [0.15, 0.2) is 0 Å². The van der Waals surface area contributed by atoms with E-state index in [1.54, 1.807) is 5.48 Å². The Morgan fingerprint density at radius 1 is 0.867 bits per heavy atom. The Labute approximate surface area is 89.4 Å². The molecule has 0 aliphatic heterocycles. The van der Waals surface area contributed by atoms with Crippen LogP contribution in [0.3, 0.4) is 0 Å². The minimum atomic E-state index is -0.741. The third-order valence-electron chi connectivity index (χ3n) is 2.17. The van der Waals surface area contributed by atoms with Crippen molar-refractivity contribution in [2.24, 2.45) is 0 Å². The molecule has 0 saturated carbocycles. The molecule has 0 radical (unpaired) electrons. The highest BCUT2D eigenvalue weighted by atomic mass is 16.5. The van der Waals surface area contributed by atoms with Crippen molar-refractivity contribution in [1.82, 2.24) is 5.48 Å². The summed E-state index contributed by atoms with van der Waals surface area (Å²) in [6.07, 6.45) is 5.99. The van der Waals surface area contributed by atoms with Crippen molar-refractivity contribution >= 4 is 11.9 Å². The van der Waals surface area contributed by atoms with Gasteiger partial charge in [0.15, 0.2) is 0 Å². The quantitative estimate of drug-likeness (QED) is 0.311. The van der Waals surface area contributed by atoms with Crippen molar-refractivity contribution in [2.45, 2.75) is 51.4 Å². The largest absolute Gasteiger partial charge is 0.481 e. The van der Waals surface area contributed by atoms with Gasteiger partial charge in [-0.05, 0) is 12.8 Å². The first-order valence-corrected chi connectivity index (χ1v) is 5.31. The number of hydrogen-bond donors (Lipinski definition) is 3. The van der Waals surface area contributed by atoms with E-state index in [0.717, 1.165) is 38.5 Å². The first-order chi connectivity index (χ1) is 7.16. The summed E-state index contributed by atoms with van der Waals surface area (Å²) in [7, 11) is 0. The molecule has 0 fully saturated rings. The normalized spacial score (nSPS) is 9.93. The van der Waals surface area contributed by atoms with Crippen LogP contribution >= 0.6 is 0 Å². The van der Waals surface area contributed by atoms with E-state index in [1.165, 1.54) is 0 Å². The van der Waals surface area contributed by atoms with E-state index in [0.29, 0.717) is 6.42 Å². The van der Waals surface area contributed by atoms with E-state index < -0.39 is 5.97 Å². The van der Waals surface area contributed by atoms with Gasteiger partial charge in [0, 0.05) is 12.8 Å². The molecule has 0 aliphatic rings. The molecule has 0 aliphatic carbocycles. The fourth-order valence-corrected chi connectivity index (χ4v) is 1.32. The van der Waals surface area contributed by atoms with E-state index in [4.69, 9.17) is 10.3 Å². The SMILES string of the molecule is O=C(O)CCCCCCCCC(=O)NO. The summed E-state index contributed by atoms with van der Waals surface area (Å²) in [5.41, 5.74) is 1.58. The summed E-state index contributed by atoms with van der Waals surface area (Å²) in [5, 5.41) is 16.6. The predicted octanol–water partition coefficient (Wildman–Crippen LogP) is 1.70. The average Bonchev–Trinajstić information content (AvgIpc) is 2.21. The molecule has 5 heteroatoms. The first-order valence-electron chi connectivity index (χ1n) is 5.31. The van der Waals surface area contributed by atoms with Gasteiger partial charge in [-0.1, -0.05) is 25.7 Å². The number of nitrogens with one attached hydrogen (secondary N) is 1. The number of carbonyl (C=O) groups is 2.